The smallest absolute Gasteiger partial charge is 0.254 e. The van der Waals surface area contributed by atoms with Crippen LogP contribution in [0, 0.1) is 0 Å². The number of nitrogens with zero attached hydrogens (tertiary/aromatic N) is 2. The average Bonchev–Trinajstić information content (AvgIpc) is 2.93. The number of hydrogen-bond acceptors (Lipinski definition) is 3. The SMILES string of the molecule is CC1CNCCN1C(=O)c1ccc(N2CCCC2=O)cc1.Cl. The number of anilines is 1. The minimum absolute atomic E-state index is 0. The molecule has 2 aliphatic rings. The van der Waals surface area contributed by atoms with E-state index >= 15 is 0 Å². The third kappa shape index (κ3) is 3.25. The molecule has 5 nitrogen and oxygen atoms in total. The lowest BCUT2D eigenvalue weighted by molar-refractivity contribution is -0.117. The normalized spacial score (nSPS) is 21.7. The van der Waals surface area contributed by atoms with E-state index in [1.807, 2.05) is 29.2 Å². The Labute approximate surface area is 137 Å². The molecule has 1 aromatic rings. The van der Waals surface area contributed by atoms with E-state index in [0.717, 1.165) is 38.3 Å². The van der Waals surface area contributed by atoms with Gasteiger partial charge in [-0.05, 0) is 37.6 Å². The van der Waals surface area contributed by atoms with Gasteiger partial charge in [-0.1, -0.05) is 0 Å². The predicted octanol–water partition coefficient (Wildman–Crippen LogP) is 1.67. The van der Waals surface area contributed by atoms with Gasteiger partial charge in [-0.15, -0.1) is 12.4 Å². The van der Waals surface area contributed by atoms with Crippen LogP contribution in [0.4, 0.5) is 5.69 Å². The Morgan fingerprint density at radius 3 is 2.55 bits per heavy atom. The van der Waals surface area contributed by atoms with Gasteiger partial charge >= 0.3 is 0 Å². The number of piperazine rings is 1. The lowest BCUT2D eigenvalue weighted by Gasteiger charge is -2.34. The van der Waals surface area contributed by atoms with Crippen molar-refractivity contribution in [2.75, 3.05) is 31.1 Å². The summed E-state index contributed by atoms with van der Waals surface area (Å²) in [7, 11) is 0. The maximum atomic E-state index is 12.5. The van der Waals surface area contributed by atoms with Crippen molar-refractivity contribution in [1.29, 1.82) is 0 Å². The summed E-state index contributed by atoms with van der Waals surface area (Å²) in [6.07, 6.45) is 1.54. The number of carbonyl (C=O) groups is 2. The molecule has 2 saturated heterocycles. The highest BCUT2D eigenvalue weighted by Gasteiger charge is 2.25. The average molecular weight is 324 g/mol. The van der Waals surface area contributed by atoms with E-state index in [1.165, 1.54) is 0 Å². The highest BCUT2D eigenvalue weighted by atomic mass is 35.5. The van der Waals surface area contributed by atoms with Crippen LogP contribution < -0.4 is 10.2 Å². The number of nitrogens with one attached hydrogen (secondary N) is 1. The fourth-order valence-corrected chi connectivity index (χ4v) is 3.01. The molecule has 120 valence electrons. The standard InChI is InChI=1S/C16H21N3O2.ClH/c1-12-11-17-8-10-18(12)16(21)13-4-6-14(7-5-13)19-9-2-3-15(19)20;/h4-7,12,17H,2-3,8-11H2,1H3;1H. The van der Waals surface area contributed by atoms with Crippen LogP contribution in [-0.2, 0) is 4.79 Å². The van der Waals surface area contributed by atoms with Crippen LogP contribution in [-0.4, -0.2) is 48.9 Å². The van der Waals surface area contributed by atoms with Crippen LogP contribution >= 0.6 is 12.4 Å². The molecular formula is C16H22ClN3O2. The van der Waals surface area contributed by atoms with Crippen molar-refractivity contribution >= 4 is 29.9 Å². The minimum atomic E-state index is 0. The Bertz CT molecular complexity index is 547. The summed E-state index contributed by atoms with van der Waals surface area (Å²) >= 11 is 0. The van der Waals surface area contributed by atoms with Gasteiger partial charge in [0.15, 0.2) is 0 Å². The predicted molar refractivity (Wildman–Crippen MR) is 88.6 cm³/mol. The number of benzene rings is 1. The number of amides is 2. The van der Waals surface area contributed by atoms with Gasteiger partial charge in [0, 0.05) is 49.9 Å². The first-order chi connectivity index (χ1) is 10.2. The van der Waals surface area contributed by atoms with Gasteiger partial charge in [0.05, 0.1) is 0 Å². The minimum Gasteiger partial charge on any atom is -0.333 e. The van der Waals surface area contributed by atoms with Crippen molar-refractivity contribution < 1.29 is 9.59 Å². The van der Waals surface area contributed by atoms with Gasteiger partial charge < -0.3 is 15.1 Å². The van der Waals surface area contributed by atoms with Crippen LogP contribution in [0.1, 0.15) is 30.1 Å². The van der Waals surface area contributed by atoms with Gasteiger partial charge in [0.1, 0.15) is 0 Å². The summed E-state index contributed by atoms with van der Waals surface area (Å²) in [6, 6.07) is 7.63. The van der Waals surface area contributed by atoms with Crippen LogP contribution in [0.5, 0.6) is 0 Å². The lowest BCUT2D eigenvalue weighted by atomic mass is 10.1. The molecule has 0 radical (unpaired) electrons. The fourth-order valence-electron chi connectivity index (χ4n) is 3.01. The first kappa shape index (κ1) is 16.8. The molecule has 6 heteroatoms. The zero-order valence-corrected chi connectivity index (χ0v) is 13.6. The lowest BCUT2D eigenvalue weighted by Crippen LogP contribution is -2.52. The van der Waals surface area contributed by atoms with Crippen molar-refractivity contribution in [2.24, 2.45) is 0 Å². The van der Waals surface area contributed by atoms with Gasteiger partial charge in [-0.3, -0.25) is 9.59 Å². The van der Waals surface area contributed by atoms with E-state index in [1.54, 1.807) is 4.90 Å². The summed E-state index contributed by atoms with van der Waals surface area (Å²) < 4.78 is 0. The second-order valence-corrected chi connectivity index (χ2v) is 5.75. The monoisotopic (exact) mass is 323 g/mol. The van der Waals surface area contributed by atoms with Gasteiger partial charge in [-0.25, -0.2) is 0 Å². The molecule has 2 fully saturated rings. The number of halogens is 1. The van der Waals surface area contributed by atoms with Crippen molar-refractivity contribution in [2.45, 2.75) is 25.8 Å². The molecule has 0 aromatic heterocycles. The Balaban J connectivity index is 0.00000176. The first-order valence-corrected chi connectivity index (χ1v) is 7.59. The molecular weight excluding hydrogens is 302 g/mol. The van der Waals surface area contributed by atoms with Crippen molar-refractivity contribution in [3.8, 4) is 0 Å². The number of carbonyl (C=O) groups excluding carboxylic acids is 2. The fraction of sp³-hybridized carbons (Fsp3) is 0.500. The van der Waals surface area contributed by atoms with Crippen molar-refractivity contribution in [3.05, 3.63) is 29.8 Å². The molecule has 3 rings (SSSR count). The number of rotatable bonds is 2. The second-order valence-electron chi connectivity index (χ2n) is 5.75. The molecule has 0 spiro atoms. The van der Waals surface area contributed by atoms with E-state index in [2.05, 4.69) is 12.2 Å². The summed E-state index contributed by atoms with van der Waals surface area (Å²) in [5, 5.41) is 3.28. The topological polar surface area (TPSA) is 52.7 Å². The van der Waals surface area contributed by atoms with Crippen LogP contribution in [0.25, 0.3) is 0 Å². The molecule has 0 aliphatic carbocycles. The van der Waals surface area contributed by atoms with Crippen LogP contribution in [0.3, 0.4) is 0 Å². The van der Waals surface area contributed by atoms with Crippen LogP contribution in [0.2, 0.25) is 0 Å². The maximum absolute atomic E-state index is 12.5. The highest BCUT2D eigenvalue weighted by molar-refractivity contribution is 5.97. The third-order valence-corrected chi connectivity index (χ3v) is 4.26. The summed E-state index contributed by atoms with van der Waals surface area (Å²) in [5.41, 5.74) is 1.58. The van der Waals surface area contributed by atoms with Gasteiger partial charge in [0.25, 0.3) is 5.91 Å². The maximum Gasteiger partial charge on any atom is 0.254 e. The summed E-state index contributed by atoms with van der Waals surface area (Å²) in [5.74, 6) is 0.244. The summed E-state index contributed by atoms with van der Waals surface area (Å²) in [6.45, 7) is 5.26. The van der Waals surface area contributed by atoms with Gasteiger partial charge in [-0.2, -0.15) is 0 Å². The Morgan fingerprint density at radius 2 is 1.95 bits per heavy atom. The van der Waals surface area contributed by atoms with E-state index < -0.39 is 0 Å². The molecule has 1 unspecified atom stereocenters. The van der Waals surface area contributed by atoms with Gasteiger partial charge in [0.2, 0.25) is 5.91 Å². The molecule has 2 heterocycles. The molecule has 2 amide bonds. The molecule has 0 bridgehead atoms. The highest BCUT2D eigenvalue weighted by Crippen LogP contribution is 2.22. The van der Waals surface area contributed by atoms with E-state index in [-0.39, 0.29) is 30.3 Å². The molecule has 0 saturated carbocycles. The molecule has 2 aliphatic heterocycles. The van der Waals surface area contributed by atoms with Crippen LogP contribution in [0.15, 0.2) is 24.3 Å². The molecule has 1 atom stereocenters. The number of hydrogen-bond donors (Lipinski definition) is 1. The van der Waals surface area contributed by atoms with Crippen molar-refractivity contribution in [1.82, 2.24) is 10.2 Å². The Morgan fingerprint density at radius 1 is 1.23 bits per heavy atom. The third-order valence-electron chi connectivity index (χ3n) is 4.26. The quantitative estimate of drug-likeness (QED) is 0.900. The zero-order valence-electron chi connectivity index (χ0n) is 12.7. The Kier molecular flexibility index (Phi) is 5.42. The first-order valence-electron chi connectivity index (χ1n) is 7.59. The largest absolute Gasteiger partial charge is 0.333 e. The molecule has 22 heavy (non-hydrogen) atoms. The molecule has 1 N–H and O–H groups in total. The Hall–Kier alpha value is -1.59. The second kappa shape index (κ2) is 7.11. The van der Waals surface area contributed by atoms with E-state index in [9.17, 15) is 9.59 Å². The zero-order chi connectivity index (χ0) is 14.8. The van der Waals surface area contributed by atoms with E-state index in [0.29, 0.717) is 12.0 Å². The summed E-state index contributed by atoms with van der Waals surface area (Å²) in [4.78, 5) is 28.0. The van der Waals surface area contributed by atoms with E-state index in [4.69, 9.17) is 0 Å². The molecule has 1 aromatic carbocycles. The van der Waals surface area contributed by atoms with Crippen molar-refractivity contribution in [3.63, 3.8) is 0 Å².